The molecule has 1 aromatic carbocycles. The van der Waals surface area contributed by atoms with E-state index in [9.17, 15) is 4.79 Å². The van der Waals surface area contributed by atoms with Crippen LogP contribution in [0.4, 0.5) is 11.4 Å². The van der Waals surface area contributed by atoms with Crippen LogP contribution in [0.3, 0.4) is 0 Å². The molecule has 1 amide bonds. The zero-order chi connectivity index (χ0) is 11.1. The molecule has 3 nitrogen and oxygen atoms in total. The van der Waals surface area contributed by atoms with Gasteiger partial charge in [-0.2, -0.15) is 0 Å². The zero-order valence-corrected chi connectivity index (χ0v) is 9.42. The highest BCUT2D eigenvalue weighted by molar-refractivity contribution is 5.97. The first-order valence-corrected chi connectivity index (χ1v) is 5.90. The van der Waals surface area contributed by atoms with Gasteiger partial charge in [-0.1, -0.05) is 12.1 Å². The first-order chi connectivity index (χ1) is 7.74. The van der Waals surface area contributed by atoms with Crippen molar-refractivity contribution in [2.24, 2.45) is 5.92 Å². The van der Waals surface area contributed by atoms with E-state index in [1.165, 1.54) is 12.8 Å². The van der Waals surface area contributed by atoms with Crippen LogP contribution in [0, 0.1) is 12.8 Å². The highest BCUT2D eigenvalue weighted by Gasteiger charge is 2.34. The van der Waals surface area contributed by atoms with Crippen molar-refractivity contribution < 1.29 is 4.79 Å². The summed E-state index contributed by atoms with van der Waals surface area (Å²) in [4.78, 5) is 11.8. The van der Waals surface area contributed by atoms with Crippen molar-refractivity contribution in [2.75, 3.05) is 10.6 Å². The predicted octanol–water partition coefficient (Wildman–Crippen LogP) is 2.53. The molecule has 1 atom stereocenters. The number of aryl methyl sites for hydroxylation is 1. The van der Waals surface area contributed by atoms with Crippen molar-refractivity contribution in [3.63, 3.8) is 0 Å². The highest BCUT2D eigenvalue weighted by atomic mass is 16.1. The van der Waals surface area contributed by atoms with E-state index in [0.717, 1.165) is 16.9 Å². The van der Waals surface area contributed by atoms with Gasteiger partial charge in [-0.15, -0.1) is 0 Å². The quantitative estimate of drug-likeness (QED) is 0.757. The molecule has 3 rings (SSSR count). The highest BCUT2D eigenvalue weighted by Crippen LogP contribution is 2.39. The number of nitrogens with one attached hydrogen (secondary N) is 2. The van der Waals surface area contributed by atoms with Gasteiger partial charge in [0.05, 0.1) is 11.4 Å². The lowest BCUT2D eigenvalue weighted by Crippen LogP contribution is -2.24. The smallest absolute Gasteiger partial charge is 0.226 e. The molecule has 1 aliphatic heterocycles. The fourth-order valence-electron chi connectivity index (χ4n) is 2.38. The summed E-state index contributed by atoms with van der Waals surface area (Å²) in [5, 5.41) is 6.51. The molecule has 1 aliphatic carbocycles. The Labute approximate surface area is 95.2 Å². The lowest BCUT2D eigenvalue weighted by Gasteiger charge is -2.16. The molecular weight excluding hydrogens is 200 g/mol. The summed E-state index contributed by atoms with van der Waals surface area (Å²) < 4.78 is 0. The first kappa shape index (κ1) is 9.70. The summed E-state index contributed by atoms with van der Waals surface area (Å²) in [5.41, 5.74) is 3.15. The number of rotatable bonds is 1. The second kappa shape index (κ2) is 3.51. The van der Waals surface area contributed by atoms with E-state index in [2.05, 4.69) is 10.6 Å². The van der Waals surface area contributed by atoms with Crippen LogP contribution in [-0.2, 0) is 4.79 Å². The standard InChI is InChI=1S/C13H16N2O/c1-8-3-2-4-10-13(8)15-12(16)7-11(14-10)9-5-6-9/h2-4,9,11,14H,5-7H2,1H3,(H,15,16). The topological polar surface area (TPSA) is 41.1 Å². The Hall–Kier alpha value is -1.51. The van der Waals surface area contributed by atoms with Crippen LogP contribution in [0.25, 0.3) is 0 Å². The molecule has 2 aliphatic rings. The Morgan fingerprint density at radius 3 is 2.88 bits per heavy atom. The summed E-state index contributed by atoms with van der Waals surface area (Å²) in [7, 11) is 0. The van der Waals surface area contributed by atoms with Gasteiger partial charge >= 0.3 is 0 Å². The van der Waals surface area contributed by atoms with Crippen molar-refractivity contribution in [2.45, 2.75) is 32.2 Å². The molecule has 1 saturated carbocycles. The minimum absolute atomic E-state index is 0.137. The van der Waals surface area contributed by atoms with Crippen molar-refractivity contribution in [3.8, 4) is 0 Å². The van der Waals surface area contributed by atoms with E-state index in [0.29, 0.717) is 18.4 Å². The maximum absolute atomic E-state index is 11.8. The fraction of sp³-hybridized carbons (Fsp3) is 0.462. The van der Waals surface area contributed by atoms with E-state index in [1.54, 1.807) is 0 Å². The summed E-state index contributed by atoms with van der Waals surface area (Å²) in [6, 6.07) is 6.42. The van der Waals surface area contributed by atoms with Gasteiger partial charge in [0.15, 0.2) is 0 Å². The number of carbonyl (C=O) groups excluding carboxylic acids is 1. The van der Waals surface area contributed by atoms with Gasteiger partial charge in [-0.25, -0.2) is 0 Å². The zero-order valence-electron chi connectivity index (χ0n) is 9.42. The Morgan fingerprint density at radius 1 is 1.31 bits per heavy atom. The number of benzene rings is 1. The number of hydrogen-bond donors (Lipinski definition) is 2. The normalized spacial score (nSPS) is 24.1. The van der Waals surface area contributed by atoms with Gasteiger partial charge < -0.3 is 10.6 Å². The monoisotopic (exact) mass is 216 g/mol. The van der Waals surface area contributed by atoms with E-state index in [-0.39, 0.29) is 5.91 Å². The lowest BCUT2D eigenvalue weighted by molar-refractivity contribution is -0.116. The van der Waals surface area contributed by atoms with Crippen LogP contribution in [-0.4, -0.2) is 11.9 Å². The van der Waals surface area contributed by atoms with E-state index >= 15 is 0 Å². The molecular formula is C13H16N2O. The van der Waals surface area contributed by atoms with Crippen LogP contribution >= 0.6 is 0 Å². The van der Waals surface area contributed by atoms with Gasteiger partial charge in [0.1, 0.15) is 0 Å². The number of carbonyl (C=O) groups is 1. The second-order valence-corrected chi connectivity index (χ2v) is 4.84. The van der Waals surface area contributed by atoms with Gasteiger partial charge in [0.2, 0.25) is 5.91 Å². The Balaban J connectivity index is 1.97. The molecule has 0 saturated heterocycles. The Bertz CT molecular complexity index is 438. The average molecular weight is 216 g/mol. The maximum atomic E-state index is 11.8. The maximum Gasteiger partial charge on any atom is 0.226 e. The predicted molar refractivity (Wildman–Crippen MR) is 64.6 cm³/mol. The molecule has 3 heteroatoms. The van der Waals surface area contributed by atoms with Crippen LogP contribution in [0.15, 0.2) is 18.2 Å². The number of anilines is 2. The van der Waals surface area contributed by atoms with Crippen LogP contribution < -0.4 is 10.6 Å². The lowest BCUT2D eigenvalue weighted by atomic mass is 10.1. The fourth-order valence-corrected chi connectivity index (χ4v) is 2.38. The van der Waals surface area contributed by atoms with Crippen molar-refractivity contribution in [3.05, 3.63) is 23.8 Å². The molecule has 84 valence electrons. The SMILES string of the molecule is Cc1cccc2c1NC(=O)CC(C1CC1)N2. The summed E-state index contributed by atoms with van der Waals surface area (Å²) in [6.45, 7) is 2.03. The number of fused-ring (bicyclic) bond motifs is 1. The largest absolute Gasteiger partial charge is 0.380 e. The average Bonchev–Trinajstić information content (AvgIpc) is 3.03. The molecule has 1 aromatic rings. The number of hydrogen-bond acceptors (Lipinski definition) is 2. The van der Waals surface area contributed by atoms with E-state index in [1.807, 2.05) is 25.1 Å². The number of amides is 1. The van der Waals surface area contributed by atoms with Crippen LogP contribution in [0.1, 0.15) is 24.8 Å². The molecule has 2 N–H and O–H groups in total. The van der Waals surface area contributed by atoms with E-state index in [4.69, 9.17) is 0 Å². The molecule has 16 heavy (non-hydrogen) atoms. The Kier molecular flexibility index (Phi) is 2.13. The van der Waals surface area contributed by atoms with Gasteiger partial charge in [0.25, 0.3) is 0 Å². The van der Waals surface area contributed by atoms with Gasteiger partial charge in [-0.05, 0) is 37.3 Å². The third-order valence-electron chi connectivity index (χ3n) is 3.47. The molecule has 1 unspecified atom stereocenters. The van der Waals surface area contributed by atoms with Crippen molar-refractivity contribution in [1.82, 2.24) is 0 Å². The van der Waals surface area contributed by atoms with Crippen molar-refractivity contribution in [1.29, 1.82) is 0 Å². The van der Waals surface area contributed by atoms with E-state index < -0.39 is 0 Å². The third kappa shape index (κ3) is 1.66. The van der Waals surface area contributed by atoms with Crippen LogP contribution in [0.5, 0.6) is 0 Å². The summed E-state index contributed by atoms with van der Waals surface area (Å²) in [6.07, 6.45) is 3.11. The minimum Gasteiger partial charge on any atom is -0.380 e. The minimum atomic E-state index is 0.137. The van der Waals surface area contributed by atoms with Gasteiger partial charge in [0, 0.05) is 12.5 Å². The van der Waals surface area contributed by atoms with Crippen LogP contribution in [0.2, 0.25) is 0 Å². The first-order valence-electron chi connectivity index (χ1n) is 5.90. The summed E-state index contributed by atoms with van der Waals surface area (Å²) >= 11 is 0. The Morgan fingerprint density at radius 2 is 2.12 bits per heavy atom. The molecule has 0 radical (unpaired) electrons. The molecule has 0 spiro atoms. The van der Waals surface area contributed by atoms with Crippen molar-refractivity contribution >= 4 is 17.3 Å². The number of para-hydroxylation sites is 1. The molecule has 0 aromatic heterocycles. The molecule has 1 heterocycles. The summed E-state index contributed by atoms with van der Waals surface area (Å²) in [5.74, 6) is 0.828. The molecule has 0 bridgehead atoms. The second-order valence-electron chi connectivity index (χ2n) is 4.84. The third-order valence-corrected chi connectivity index (χ3v) is 3.47. The molecule has 1 fully saturated rings. The van der Waals surface area contributed by atoms with Gasteiger partial charge in [-0.3, -0.25) is 4.79 Å².